The molecule has 0 unspecified atom stereocenters. The van der Waals surface area contributed by atoms with Crippen molar-refractivity contribution in [3.63, 3.8) is 0 Å². The van der Waals surface area contributed by atoms with E-state index in [1.807, 2.05) is 24.3 Å². The summed E-state index contributed by atoms with van der Waals surface area (Å²) in [4.78, 5) is 26.1. The van der Waals surface area contributed by atoms with Crippen LogP contribution in [0, 0.1) is 0 Å². The molecule has 1 aliphatic heterocycles. The van der Waals surface area contributed by atoms with Gasteiger partial charge in [0.05, 0.1) is 12.5 Å². The number of nitrogens with zero attached hydrogens (tertiary/aromatic N) is 1. The minimum absolute atomic E-state index is 0.0717. The SMILES string of the molecule is COc1ccc(C2(C(=O)N3CC=C[C@H]3C(=O)O)CCCC2)cc1. The van der Waals surface area contributed by atoms with Gasteiger partial charge >= 0.3 is 5.97 Å². The van der Waals surface area contributed by atoms with Crippen LogP contribution in [0.1, 0.15) is 31.2 Å². The Kier molecular flexibility index (Phi) is 4.11. The van der Waals surface area contributed by atoms with E-state index in [1.165, 1.54) is 4.90 Å². The van der Waals surface area contributed by atoms with E-state index in [0.717, 1.165) is 37.0 Å². The third-order valence-corrected chi connectivity index (χ3v) is 4.98. The van der Waals surface area contributed by atoms with Gasteiger partial charge in [0.25, 0.3) is 0 Å². The number of amides is 1. The maximum absolute atomic E-state index is 13.2. The molecule has 5 nitrogen and oxygen atoms in total. The standard InChI is InChI=1S/C18H21NO4/c1-23-14-8-6-13(7-9-14)18(10-2-3-11-18)17(22)19-12-4-5-15(19)16(20)21/h4-9,15H,2-3,10-12H2,1H3,(H,20,21)/t15-/m0/s1. The van der Waals surface area contributed by atoms with Crippen molar-refractivity contribution in [3.8, 4) is 5.75 Å². The van der Waals surface area contributed by atoms with Crippen molar-refractivity contribution in [1.29, 1.82) is 0 Å². The van der Waals surface area contributed by atoms with Gasteiger partial charge in [-0.1, -0.05) is 37.1 Å². The van der Waals surface area contributed by atoms with Gasteiger partial charge in [0, 0.05) is 6.54 Å². The highest BCUT2D eigenvalue weighted by Gasteiger charge is 2.47. The van der Waals surface area contributed by atoms with Crippen LogP contribution in [0.2, 0.25) is 0 Å². The van der Waals surface area contributed by atoms with Crippen LogP contribution in [-0.4, -0.2) is 41.6 Å². The molecule has 23 heavy (non-hydrogen) atoms. The lowest BCUT2D eigenvalue weighted by molar-refractivity contribution is -0.149. The molecule has 1 heterocycles. The van der Waals surface area contributed by atoms with E-state index in [-0.39, 0.29) is 5.91 Å². The minimum atomic E-state index is -0.977. The Labute approximate surface area is 135 Å². The molecule has 3 rings (SSSR count). The zero-order valence-corrected chi connectivity index (χ0v) is 13.2. The lowest BCUT2D eigenvalue weighted by Crippen LogP contribution is -2.50. The summed E-state index contributed by atoms with van der Waals surface area (Å²) in [6.07, 6.45) is 6.85. The Hall–Kier alpha value is -2.30. The molecule has 1 N–H and O–H groups in total. The van der Waals surface area contributed by atoms with Crippen LogP contribution in [-0.2, 0) is 15.0 Å². The van der Waals surface area contributed by atoms with Gasteiger partial charge in [-0.05, 0) is 30.5 Å². The topological polar surface area (TPSA) is 66.8 Å². The normalized spacial score (nSPS) is 22.3. The average Bonchev–Trinajstić information content (AvgIpc) is 3.24. The summed E-state index contributed by atoms with van der Waals surface area (Å²) in [6, 6.07) is 6.74. The molecule has 5 heteroatoms. The molecular formula is C18H21NO4. The fourth-order valence-electron chi connectivity index (χ4n) is 3.74. The number of carbonyl (C=O) groups excluding carboxylic acids is 1. The number of carboxylic acids is 1. The first-order chi connectivity index (χ1) is 11.1. The van der Waals surface area contributed by atoms with E-state index in [2.05, 4.69) is 0 Å². The highest BCUT2D eigenvalue weighted by molar-refractivity contribution is 5.93. The average molecular weight is 315 g/mol. The molecule has 122 valence electrons. The number of carbonyl (C=O) groups is 2. The molecule has 2 aliphatic rings. The number of ether oxygens (including phenoxy) is 1. The molecule has 1 amide bonds. The van der Waals surface area contributed by atoms with Gasteiger partial charge in [0.2, 0.25) is 5.91 Å². The van der Waals surface area contributed by atoms with Gasteiger partial charge in [0.1, 0.15) is 11.8 Å². The van der Waals surface area contributed by atoms with Gasteiger partial charge in [-0.2, -0.15) is 0 Å². The summed E-state index contributed by atoms with van der Waals surface area (Å²) in [6.45, 7) is 0.369. The smallest absolute Gasteiger partial charge is 0.330 e. The summed E-state index contributed by atoms with van der Waals surface area (Å²) in [5.41, 5.74) is 0.350. The van der Waals surface area contributed by atoms with Crippen LogP contribution in [0.5, 0.6) is 5.75 Å². The van der Waals surface area contributed by atoms with Crippen LogP contribution in [0.15, 0.2) is 36.4 Å². The lowest BCUT2D eigenvalue weighted by atomic mass is 9.77. The van der Waals surface area contributed by atoms with Crippen molar-refractivity contribution in [2.75, 3.05) is 13.7 Å². The first-order valence-electron chi connectivity index (χ1n) is 7.93. The number of hydrogen-bond acceptors (Lipinski definition) is 3. The molecule has 0 spiro atoms. The second kappa shape index (κ2) is 6.07. The molecule has 1 aromatic rings. The number of aliphatic carboxylic acids is 1. The summed E-state index contributed by atoms with van der Waals surface area (Å²) in [5.74, 6) is -0.298. The Morgan fingerprint density at radius 1 is 1.22 bits per heavy atom. The maximum atomic E-state index is 13.2. The van der Waals surface area contributed by atoms with Crippen molar-refractivity contribution in [2.45, 2.75) is 37.1 Å². The Morgan fingerprint density at radius 3 is 2.43 bits per heavy atom. The number of methoxy groups -OCH3 is 1. The Morgan fingerprint density at radius 2 is 1.87 bits per heavy atom. The van der Waals surface area contributed by atoms with Gasteiger partial charge in [-0.3, -0.25) is 4.79 Å². The number of rotatable bonds is 4. The second-order valence-corrected chi connectivity index (χ2v) is 6.19. The van der Waals surface area contributed by atoms with Crippen molar-refractivity contribution in [2.24, 2.45) is 0 Å². The largest absolute Gasteiger partial charge is 0.497 e. The number of benzene rings is 1. The Balaban J connectivity index is 1.94. The highest BCUT2D eigenvalue weighted by atomic mass is 16.5. The summed E-state index contributed by atoms with van der Waals surface area (Å²) >= 11 is 0. The van der Waals surface area contributed by atoms with Crippen molar-refractivity contribution < 1.29 is 19.4 Å². The van der Waals surface area contributed by atoms with E-state index in [1.54, 1.807) is 19.3 Å². The fourth-order valence-corrected chi connectivity index (χ4v) is 3.74. The number of hydrogen-bond donors (Lipinski definition) is 1. The predicted octanol–water partition coefficient (Wildman–Crippen LogP) is 2.36. The molecule has 0 saturated heterocycles. The van der Waals surface area contributed by atoms with Gasteiger partial charge < -0.3 is 14.7 Å². The van der Waals surface area contributed by atoms with Crippen molar-refractivity contribution in [1.82, 2.24) is 4.90 Å². The molecule has 0 radical (unpaired) electrons. The first kappa shape index (κ1) is 15.6. The zero-order valence-electron chi connectivity index (χ0n) is 13.2. The highest BCUT2D eigenvalue weighted by Crippen LogP contribution is 2.43. The molecule has 1 aliphatic carbocycles. The van der Waals surface area contributed by atoms with Crippen LogP contribution in [0.25, 0.3) is 0 Å². The van der Waals surface area contributed by atoms with Crippen molar-refractivity contribution in [3.05, 3.63) is 42.0 Å². The minimum Gasteiger partial charge on any atom is -0.497 e. The fraction of sp³-hybridized carbons (Fsp3) is 0.444. The Bertz CT molecular complexity index is 629. The molecule has 1 saturated carbocycles. The van der Waals surface area contributed by atoms with E-state index in [0.29, 0.717) is 6.54 Å². The summed E-state index contributed by atoms with van der Waals surface area (Å²) in [7, 11) is 1.61. The molecule has 1 fully saturated rings. The van der Waals surface area contributed by atoms with Crippen LogP contribution in [0.3, 0.4) is 0 Å². The van der Waals surface area contributed by atoms with Crippen LogP contribution >= 0.6 is 0 Å². The maximum Gasteiger partial charge on any atom is 0.330 e. The third-order valence-electron chi connectivity index (χ3n) is 4.98. The molecule has 0 aromatic heterocycles. The van der Waals surface area contributed by atoms with Crippen molar-refractivity contribution >= 4 is 11.9 Å². The van der Waals surface area contributed by atoms with E-state index < -0.39 is 17.4 Å². The van der Waals surface area contributed by atoms with Gasteiger partial charge in [-0.25, -0.2) is 4.79 Å². The molecule has 1 atom stereocenters. The quantitative estimate of drug-likeness (QED) is 0.866. The molecular weight excluding hydrogens is 294 g/mol. The molecule has 1 aromatic carbocycles. The van der Waals surface area contributed by atoms with Crippen LogP contribution in [0.4, 0.5) is 0 Å². The monoisotopic (exact) mass is 315 g/mol. The van der Waals surface area contributed by atoms with E-state index >= 15 is 0 Å². The summed E-state index contributed by atoms with van der Waals surface area (Å²) < 4.78 is 5.19. The third kappa shape index (κ3) is 2.60. The second-order valence-electron chi connectivity index (χ2n) is 6.19. The van der Waals surface area contributed by atoms with Gasteiger partial charge in [-0.15, -0.1) is 0 Å². The molecule has 0 bridgehead atoms. The predicted molar refractivity (Wildman–Crippen MR) is 85.4 cm³/mol. The van der Waals surface area contributed by atoms with Crippen LogP contribution < -0.4 is 4.74 Å². The lowest BCUT2D eigenvalue weighted by Gasteiger charge is -2.34. The zero-order chi connectivity index (χ0) is 16.4. The summed E-state index contributed by atoms with van der Waals surface area (Å²) in [5, 5.41) is 9.34. The number of carboxylic acid groups (broad SMARTS) is 1. The van der Waals surface area contributed by atoms with E-state index in [9.17, 15) is 14.7 Å². The van der Waals surface area contributed by atoms with E-state index in [4.69, 9.17) is 4.74 Å². The van der Waals surface area contributed by atoms with Gasteiger partial charge in [0.15, 0.2) is 0 Å². The first-order valence-corrected chi connectivity index (χ1v) is 7.93.